The molecular weight excluding hydrogens is 304 g/mol. The molecule has 0 aromatic heterocycles. The molecule has 1 aromatic rings. The van der Waals surface area contributed by atoms with Gasteiger partial charge in [-0.05, 0) is 64.7 Å². The number of aldehydes is 1. The monoisotopic (exact) mass is 324 g/mol. The summed E-state index contributed by atoms with van der Waals surface area (Å²) in [6.45, 7) is 2.11. The molecule has 19 heavy (non-hydrogen) atoms. The summed E-state index contributed by atoms with van der Waals surface area (Å²) < 4.78 is 6.60. The van der Waals surface area contributed by atoms with Crippen LogP contribution < -0.4 is 4.74 Å². The van der Waals surface area contributed by atoms with Crippen LogP contribution in [-0.4, -0.2) is 13.4 Å². The van der Waals surface area contributed by atoms with Crippen molar-refractivity contribution < 1.29 is 9.53 Å². The minimum Gasteiger partial charge on any atom is -0.495 e. The Hall–Kier alpha value is -0.830. The van der Waals surface area contributed by atoms with E-state index in [0.717, 1.165) is 29.4 Å². The first-order chi connectivity index (χ1) is 9.19. The van der Waals surface area contributed by atoms with Gasteiger partial charge in [0.05, 0.1) is 11.6 Å². The molecule has 1 atom stereocenters. The molecule has 1 aliphatic carbocycles. The molecule has 0 heterocycles. The van der Waals surface area contributed by atoms with Crippen LogP contribution in [0.4, 0.5) is 0 Å². The van der Waals surface area contributed by atoms with E-state index in [4.69, 9.17) is 4.74 Å². The Morgan fingerprint density at radius 3 is 2.79 bits per heavy atom. The van der Waals surface area contributed by atoms with Crippen molar-refractivity contribution in [3.63, 3.8) is 0 Å². The molecule has 0 saturated carbocycles. The summed E-state index contributed by atoms with van der Waals surface area (Å²) in [5.74, 6) is 1.13. The molecule has 2 nitrogen and oxygen atoms in total. The van der Waals surface area contributed by atoms with Crippen LogP contribution in [0.15, 0.2) is 10.5 Å². The van der Waals surface area contributed by atoms with Crippen molar-refractivity contribution in [1.82, 2.24) is 0 Å². The van der Waals surface area contributed by atoms with Gasteiger partial charge in [-0.15, -0.1) is 0 Å². The average Bonchev–Trinajstić information content (AvgIpc) is 2.62. The van der Waals surface area contributed by atoms with E-state index in [1.807, 2.05) is 0 Å². The smallest absolute Gasteiger partial charge is 0.136 e. The Balaban J connectivity index is 2.57. The lowest BCUT2D eigenvalue weighted by Crippen LogP contribution is -2.07. The average molecular weight is 325 g/mol. The van der Waals surface area contributed by atoms with Crippen molar-refractivity contribution in [1.29, 1.82) is 0 Å². The molecule has 1 unspecified atom stereocenters. The summed E-state index contributed by atoms with van der Waals surface area (Å²) in [7, 11) is 1.71. The molecule has 0 N–H and O–H groups in total. The van der Waals surface area contributed by atoms with Gasteiger partial charge in [-0.2, -0.15) is 0 Å². The number of carbonyl (C=O) groups is 1. The number of hydrogen-bond donors (Lipinski definition) is 0. The number of halogens is 1. The number of rotatable bonds is 4. The number of methoxy groups -OCH3 is 1. The highest BCUT2D eigenvalue weighted by Gasteiger charge is 2.22. The van der Waals surface area contributed by atoms with Gasteiger partial charge >= 0.3 is 0 Å². The fourth-order valence-corrected chi connectivity index (χ4v) is 3.70. The Morgan fingerprint density at radius 2 is 2.11 bits per heavy atom. The fraction of sp³-hybridized carbons (Fsp3) is 0.562. The van der Waals surface area contributed by atoms with Gasteiger partial charge in [0.1, 0.15) is 12.0 Å². The van der Waals surface area contributed by atoms with E-state index in [0.29, 0.717) is 6.42 Å². The topological polar surface area (TPSA) is 26.3 Å². The molecule has 0 amide bonds. The van der Waals surface area contributed by atoms with Crippen molar-refractivity contribution in [3.05, 3.63) is 27.2 Å². The normalized spacial score (nSPS) is 16.4. The van der Waals surface area contributed by atoms with Crippen molar-refractivity contribution >= 4 is 22.2 Å². The van der Waals surface area contributed by atoms with Gasteiger partial charge in [0.25, 0.3) is 0 Å². The highest BCUT2D eigenvalue weighted by molar-refractivity contribution is 9.10. The standard InChI is InChI=1S/C16H21BrO2/c1-11(8-9-18)15-13-7-5-3-4-6-12(13)10-14(17)16(15)19-2/h9-11H,3-8H2,1-2H3. The van der Waals surface area contributed by atoms with Crippen LogP contribution in [0.3, 0.4) is 0 Å². The third-order valence-corrected chi connectivity index (χ3v) is 4.58. The maximum Gasteiger partial charge on any atom is 0.136 e. The van der Waals surface area contributed by atoms with Gasteiger partial charge in [0.2, 0.25) is 0 Å². The zero-order valence-electron chi connectivity index (χ0n) is 11.7. The molecule has 0 radical (unpaired) electrons. The lowest BCUT2D eigenvalue weighted by molar-refractivity contribution is -0.108. The van der Waals surface area contributed by atoms with E-state index in [1.54, 1.807) is 7.11 Å². The van der Waals surface area contributed by atoms with E-state index >= 15 is 0 Å². The van der Waals surface area contributed by atoms with Crippen LogP contribution in [0, 0.1) is 0 Å². The Labute approximate surface area is 123 Å². The SMILES string of the molecule is COc1c(Br)cc2c(c1C(C)CC=O)CCCCC2. The van der Waals surface area contributed by atoms with Crippen molar-refractivity contribution in [2.45, 2.75) is 51.4 Å². The molecule has 104 valence electrons. The molecule has 0 fully saturated rings. The van der Waals surface area contributed by atoms with Crippen molar-refractivity contribution in [2.75, 3.05) is 7.11 Å². The molecule has 1 aliphatic rings. The maximum atomic E-state index is 10.9. The molecule has 1 aromatic carbocycles. The lowest BCUT2D eigenvalue weighted by Gasteiger charge is -2.22. The lowest BCUT2D eigenvalue weighted by atomic mass is 9.87. The number of aryl methyl sites for hydroxylation is 1. The highest BCUT2D eigenvalue weighted by Crippen LogP contribution is 2.41. The number of ether oxygens (including phenoxy) is 1. The molecule has 0 bridgehead atoms. The summed E-state index contributed by atoms with van der Waals surface area (Å²) in [5, 5.41) is 0. The number of hydrogen-bond acceptors (Lipinski definition) is 2. The van der Waals surface area contributed by atoms with E-state index in [9.17, 15) is 4.79 Å². The second kappa shape index (κ2) is 6.56. The first-order valence-electron chi connectivity index (χ1n) is 7.00. The van der Waals surface area contributed by atoms with E-state index in [-0.39, 0.29) is 5.92 Å². The minimum atomic E-state index is 0.219. The molecule has 0 saturated heterocycles. The fourth-order valence-electron chi connectivity index (χ4n) is 3.05. The van der Waals surface area contributed by atoms with Crippen LogP contribution in [0.1, 0.15) is 55.2 Å². The highest BCUT2D eigenvalue weighted by atomic mass is 79.9. The van der Waals surface area contributed by atoms with Gasteiger partial charge in [0, 0.05) is 12.0 Å². The molecule has 0 aliphatic heterocycles. The van der Waals surface area contributed by atoms with E-state index in [1.165, 1.54) is 36.0 Å². The molecule has 2 rings (SSSR count). The summed E-state index contributed by atoms with van der Waals surface area (Å²) in [5.41, 5.74) is 4.09. The Morgan fingerprint density at radius 1 is 1.37 bits per heavy atom. The van der Waals surface area contributed by atoms with Crippen LogP contribution in [-0.2, 0) is 17.6 Å². The van der Waals surface area contributed by atoms with Gasteiger partial charge in [-0.25, -0.2) is 0 Å². The largest absolute Gasteiger partial charge is 0.495 e. The first kappa shape index (κ1) is 14.6. The summed E-state index contributed by atoms with van der Waals surface area (Å²) in [6, 6.07) is 2.20. The zero-order chi connectivity index (χ0) is 13.8. The van der Waals surface area contributed by atoms with Gasteiger partial charge < -0.3 is 9.53 Å². The molecule has 3 heteroatoms. The molecule has 0 spiro atoms. The maximum absolute atomic E-state index is 10.9. The Bertz CT molecular complexity index is 468. The number of fused-ring (bicyclic) bond motifs is 1. The predicted octanol–water partition coefficient (Wildman–Crippen LogP) is 4.42. The minimum absolute atomic E-state index is 0.219. The number of carbonyl (C=O) groups excluding carboxylic acids is 1. The quantitative estimate of drug-likeness (QED) is 0.605. The van der Waals surface area contributed by atoms with Gasteiger partial charge in [0.15, 0.2) is 0 Å². The Kier molecular flexibility index (Phi) is 5.03. The van der Waals surface area contributed by atoms with Gasteiger partial charge in [-0.1, -0.05) is 13.3 Å². The van der Waals surface area contributed by atoms with Crippen molar-refractivity contribution in [3.8, 4) is 5.75 Å². The number of benzene rings is 1. The zero-order valence-corrected chi connectivity index (χ0v) is 13.3. The third-order valence-electron chi connectivity index (χ3n) is 3.99. The van der Waals surface area contributed by atoms with E-state index in [2.05, 4.69) is 28.9 Å². The van der Waals surface area contributed by atoms with Gasteiger partial charge in [-0.3, -0.25) is 0 Å². The second-order valence-electron chi connectivity index (χ2n) is 5.31. The van der Waals surface area contributed by atoms with Crippen LogP contribution in [0.5, 0.6) is 5.75 Å². The van der Waals surface area contributed by atoms with E-state index < -0.39 is 0 Å². The first-order valence-corrected chi connectivity index (χ1v) is 7.80. The second-order valence-corrected chi connectivity index (χ2v) is 6.16. The van der Waals surface area contributed by atoms with Crippen LogP contribution >= 0.6 is 15.9 Å². The van der Waals surface area contributed by atoms with Crippen LogP contribution in [0.25, 0.3) is 0 Å². The predicted molar refractivity (Wildman–Crippen MR) is 81.0 cm³/mol. The van der Waals surface area contributed by atoms with Crippen molar-refractivity contribution in [2.24, 2.45) is 0 Å². The molecular formula is C16H21BrO2. The summed E-state index contributed by atoms with van der Waals surface area (Å²) in [4.78, 5) is 10.9. The summed E-state index contributed by atoms with van der Waals surface area (Å²) in [6.07, 6.45) is 7.59. The summed E-state index contributed by atoms with van der Waals surface area (Å²) >= 11 is 3.62. The third kappa shape index (κ3) is 3.02. The van der Waals surface area contributed by atoms with Crippen LogP contribution in [0.2, 0.25) is 0 Å².